The van der Waals surface area contributed by atoms with Crippen molar-refractivity contribution >= 4 is 0 Å². The average molecular weight is 264 g/mol. The van der Waals surface area contributed by atoms with Gasteiger partial charge in [-0.1, -0.05) is 18.9 Å². The standard InChI is InChI=1S/C15H24N2O2/c1-11-10-12(18-2)6-7-13(11)14(17-16)15(19-3)8-4-5-9-15/h6-7,10,14,17H,4-5,8-9,16H2,1-3H3. The van der Waals surface area contributed by atoms with Crippen molar-refractivity contribution < 1.29 is 9.47 Å². The van der Waals surface area contributed by atoms with E-state index in [1.54, 1.807) is 14.2 Å². The van der Waals surface area contributed by atoms with Gasteiger partial charge in [0.05, 0.1) is 18.8 Å². The average Bonchev–Trinajstić information content (AvgIpc) is 2.91. The molecule has 1 fully saturated rings. The lowest BCUT2D eigenvalue weighted by molar-refractivity contribution is -0.0370. The van der Waals surface area contributed by atoms with Crippen LogP contribution in [0.2, 0.25) is 0 Å². The van der Waals surface area contributed by atoms with Gasteiger partial charge in [-0.25, -0.2) is 0 Å². The van der Waals surface area contributed by atoms with Gasteiger partial charge in [0, 0.05) is 7.11 Å². The highest BCUT2D eigenvalue weighted by Gasteiger charge is 2.42. The Labute approximate surface area is 115 Å². The summed E-state index contributed by atoms with van der Waals surface area (Å²) < 4.78 is 11.1. The van der Waals surface area contributed by atoms with Crippen molar-refractivity contribution in [3.8, 4) is 5.75 Å². The van der Waals surface area contributed by atoms with Crippen molar-refractivity contribution in [3.05, 3.63) is 29.3 Å². The Morgan fingerprint density at radius 2 is 1.95 bits per heavy atom. The fraction of sp³-hybridized carbons (Fsp3) is 0.600. The van der Waals surface area contributed by atoms with E-state index in [1.165, 1.54) is 24.0 Å². The molecule has 1 aromatic carbocycles. The molecule has 1 unspecified atom stereocenters. The van der Waals surface area contributed by atoms with E-state index in [0.717, 1.165) is 18.6 Å². The Morgan fingerprint density at radius 3 is 2.42 bits per heavy atom. The van der Waals surface area contributed by atoms with E-state index >= 15 is 0 Å². The summed E-state index contributed by atoms with van der Waals surface area (Å²) in [6, 6.07) is 6.12. The lowest BCUT2D eigenvalue weighted by Gasteiger charge is -2.37. The first kappa shape index (κ1) is 14.3. The molecule has 3 N–H and O–H groups in total. The van der Waals surface area contributed by atoms with Crippen molar-refractivity contribution in [3.63, 3.8) is 0 Å². The zero-order valence-electron chi connectivity index (χ0n) is 12.0. The molecule has 0 heterocycles. The number of nitrogens with two attached hydrogens (primary N) is 1. The summed E-state index contributed by atoms with van der Waals surface area (Å²) in [4.78, 5) is 0. The number of nitrogens with one attached hydrogen (secondary N) is 1. The molecule has 0 aliphatic heterocycles. The topological polar surface area (TPSA) is 56.5 Å². The zero-order valence-corrected chi connectivity index (χ0v) is 12.0. The van der Waals surface area contributed by atoms with Gasteiger partial charge in [-0.2, -0.15) is 0 Å². The lowest BCUT2D eigenvalue weighted by atomic mass is 9.85. The summed E-state index contributed by atoms with van der Waals surface area (Å²) in [5, 5.41) is 0. The zero-order chi connectivity index (χ0) is 13.9. The molecule has 1 aliphatic rings. The number of hydrogen-bond donors (Lipinski definition) is 2. The molecule has 1 saturated carbocycles. The molecule has 4 nitrogen and oxygen atoms in total. The molecule has 0 spiro atoms. The van der Waals surface area contributed by atoms with Crippen LogP contribution in [-0.4, -0.2) is 19.8 Å². The molecule has 0 amide bonds. The summed E-state index contributed by atoms with van der Waals surface area (Å²) in [6.07, 6.45) is 4.48. The van der Waals surface area contributed by atoms with Crippen LogP contribution in [0.25, 0.3) is 0 Å². The van der Waals surface area contributed by atoms with Crippen LogP contribution >= 0.6 is 0 Å². The molecule has 4 heteroatoms. The van der Waals surface area contributed by atoms with Crippen LogP contribution < -0.4 is 16.0 Å². The molecule has 0 aromatic heterocycles. The van der Waals surface area contributed by atoms with Crippen molar-refractivity contribution in [2.24, 2.45) is 5.84 Å². The molecule has 0 saturated heterocycles. The fourth-order valence-corrected chi connectivity index (χ4v) is 3.21. The van der Waals surface area contributed by atoms with E-state index in [4.69, 9.17) is 15.3 Å². The Hall–Kier alpha value is -1.10. The minimum absolute atomic E-state index is 0.0194. The second-order valence-electron chi connectivity index (χ2n) is 5.30. The smallest absolute Gasteiger partial charge is 0.119 e. The number of hydrazine groups is 1. The first-order chi connectivity index (χ1) is 9.16. The van der Waals surface area contributed by atoms with E-state index in [9.17, 15) is 0 Å². The second-order valence-corrected chi connectivity index (χ2v) is 5.30. The molecular formula is C15H24N2O2. The molecule has 106 valence electrons. The molecule has 0 bridgehead atoms. The predicted octanol–water partition coefficient (Wildman–Crippen LogP) is 2.47. The van der Waals surface area contributed by atoms with Gasteiger partial charge in [0.1, 0.15) is 5.75 Å². The maximum atomic E-state index is 5.84. The lowest BCUT2D eigenvalue weighted by Crippen LogP contribution is -2.46. The van der Waals surface area contributed by atoms with Gasteiger partial charge in [0.25, 0.3) is 0 Å². The molecule has 1 aromatic rings. The van der Waals surface area contributed by atoms with E-state index in [-0.39, 0.29) is 11.6 Å². The fourth-order valence-electron chi connectivity index (χ4n) is 3.21. The summed E-state index contributed by atoms with van der Waals surface area (Å²) in [5.74, 6) is 6.69. The maximum Gasteiger partial charge on any atom is 0.119 e. The Balaban J connectivity index is 2.36. The van der Waals surface area contributed by atoms with Crippen molar-refractivity contribution in [1.82, 2.24) is 5.43 Å². The summed E-state index contributed by atoms with van der Waals surface area (Å²) in [5.41, 5.74) is 5.14. The van der Waals surface area contributed by atoms with Crippen LogP contribution in [0.5, 0.6) is 5.75 Å². The van der Waals surface area contributed by atoms with E-state index in [1.807, 2.05) is 12.1 Å². The first-order valence-electron chi connectivity index (χ1n) is 6.82. The van der Waals surface area contributed by atoms with Crippen LogP contribution in [0.1, 0.15) is 42.9 Å². The van der Waals surface area contributed by atoms with Crippen LogP contribution in [-0.2, 0) is 4.74 Å². The van der Waals surface area contributed by atoms with Crippen molar-refractivity contribution in [1.29, 1.82) is 0 Å². The molecular weight excluding hydrogens is 240 g/mol. The quantitative estimate of drug-likeness (QED) is 0.633. The SMILES string of the molecule is COc1ccc(C(NN)C2(OC)CCCC2)c(C)c1. The monoisotopic (exact) mass is 264 g/mol. The summed E-state index contributed by atoms with van der Waals surface area (Å²) in [6.45, 7) is 2.08. The molecule has 2 rings (SSSR count). The summed E-state index contributed by atoms with van der Waals surface area (Å²) in [7, 11) is 3.47. The third-order valence-electron chi connectivity index (χ3n) is 4.34. The Morgan fingerprint density at radius 1 is 1.26 bits per heavy atom. The number of hydrogen-bond acceptors (Lipinski definition) is 4. The highest BCUT2D eigenvalue weighted by molar-refractivity contribution is 5.38. The van der Waals surface area contributed by atoms with E-state index < -0.39 is 0 Å². The van der Waals surface area contributed by atoms with Crippen LogP contribution in [0.15, 0.2) is 18.2 Å². The van der Waals surface area contributed by atoms with Crippen LogP contribution in [0.3, 0.4) is 0 Å². The minimum Gasteiger partial charge on any atom is -0.497 e. The van der Waals surface area contributed by atoms with Crippen molar-refractivity contribution in [2.45, 2.75) is 44.2 Å². The van der Waals surface area contributed by atoms with Gasteiger partial charge in [0.2, 0.25) is 0 Å². The predicted molar refractivity (Wildman–Crippen MR) is 76.0 cm³/mol. The Kier molecular flexibility index (Phi) is 4.45. The van der Waals surface area contributed by atoms with Gasteiger partial charge >= 0.3 is 0 Å². The number of aryl methyl sites for hydroxylation is 1. The van der Waals surface area contributed by atoms with Crippen LogP contribution in [0, 0.1) is 6.92 Å². The number of rotatable bonds is 5. The molecule has 1 aliphatic carbocycles. The molecule has 19 heavy (non-hydrogen) atoms. The van der Waals surface area contributed by atoms with Gasteiger partial charge < -0.3 is 9.47 Å². The molecule has 1 atom stereocenters. The van der Waals surface area contributed by atoms with Gasteiger partial charge in [-0.3, -0.25) is 11.3 Å². The summed E-state index contributed by atoms with van der Waals surface area (Å²) >= 11 is 0. The highest BCUT2D eigenvalue weighted by atomic mass is 16.5. The van der Waals surface area contributed by atoms with E-state index in [2.05, 4.69) is 18.4 Å². The minimum atomic E-state index is -0.186. The number of benzene rings is 1. The van der Waals surface area contributed by atoms with Gasteiger partial charge in [0.15, 0.2) is 0 Å². The normalized spacial score (nSPS) is 19.4. The third kappa shape index (κ3) is 2.61. The van der Waals surface area contributed by atoms with Crippen LogP contribution in [0.4, 0.5) is 0 Å². The third-order valence-corrected chi connectivity index (χ3v) is 4.34. The largest absolute Gasteiger partial charge is 0.497 e. The van der Waals surface area contributed by atoms with Gasteiger partial charge in [-0.05, 0) is 43.0 Å². The number of ether oxygens (including phenoxy) is 2. The number of methoxy groups -OCH3 is 2. The Bertz CT molecular complexity index is 428. The maximum absolute atomic E-state index is 5.84. The first-order valence-corrected chi connectivity index (χ1v) is 6.82. The van der Waals surface area contributed by atoms with Crippen molar-refractivity contribution in [2.75, 3.05) is 14.2 Å². The second kappa shape index (κ2) is 5.90. The highest BCUT2D eigenvalue weighted by Crippen LogP contribution is 2.43. The molecule has 0 radical (unpaired) electrons. The van der Waals surface area contributed by atoms with E-state index in [0.29, 0.717) is 0 Å². The van der Waals surface area contributed by atoms with Gasteiger partial charge in [-0.15, -0.1) is 0 Å².